The molecule has 1 aliphatic carbocycles. The minimum absolute atomic E-state index is 0.190. The molecule has 0 fully saturated rings. The summed E-state index contributed by atoms with van der Waals surface area (Å²) in [5, 5.41) is 5.05. The lowest BCUT2D eigenvalue weighted by Gasteiger charge is -2.39. The van der Waals surface area contributed by atoms with Crippen LogP contribution in [0.5, 0.6) is 0 Å². The number of benzene rings is 2. The molecule has 1 N–H and O–H groups in total. The fourth-order valence-corrected chi connectivity index (χ4v) is 4.64. The lowest BCUT2D eigenvalue weighted by molar-refractivity contribution is 0.424. The first-order chi connectivity index (χ1) is 11.1. The largest absolute Gasteiger partial charge is 0.378 e. The van der Waals surface area contributed by atoms with Gasteiger partial charge in [-0.25, -0.2) is 0 Å². The molecule has 3 heteroatoms. The Balaban J connectivity index is 1.86. The highest BCUT2D eigenvalue weighted by Gasteiger charge is 2.39. The summed E-state index contributed by atoms with van der Waals surface area (Å²) in [6, 6.07) is 10.6. The van der Waals surface area contributed by atoms with Crippen LogP contribution >= 0.6 is 23.2 Å². The van der Waals surface area contributed by atoms with Crippen molar-refractivity contribution in [2.45, 2.75) is 32.2 Å². The van der Waals surface area contributed by atoms with Crippen molar-refractivity contribution in [1.82, 2.24) is 0 Å². The maximum Gasteiger partial charge on any atom is 0.0645 e. The highest BCUT2D eigenvalue weighted by Crippen LogP contribution is 2.52. The Hall–Kier alpha value is -1.44. The monoisotopic (exact) mass is 343 g/mol. The van der Waals surface area contributed by atoms with Crippen LogP contribution < -0.4 is 5.32 Å². The summed E-state index contributed by atoms with van der Waals surface area (Å²) < 4.78 is 0. The predicted octanol–water partition coefficient (Wildman–Crippen LogP) is 6.44. The molecule has 0 radical (unpaired) electrons. The molecule has 4 rings (SSSR count). The molecule has 2 aliphatic rings. The van der Waals surface area contributed by atoms with E-state index in [2.05, 4.69) is 49.5 Å². The zero-order valence-electron chi connectivity index (χ0n) is 13.2. The standard InChI is InChI=1S/C20H19Cl2N/c1-11-9-12(2)18-13-5-3-6-14(13)20(23-17(18)10-11)15-7-4-8-16(21)19(15)22/h3-5,7-10,13-14,20,23H,6H2,1-2H3/t13-,14+,20-/m0/s1. The minimum Gasteiger partial charge on any atom is -0.378 e. The second kappa shape index (κ2) is 5.58. The molecule has 23 heavy (non-hydrogen) atoms. The Morgan fingerprint density at radius 1 is 1.13 bits per heavy atom. The van der Waals surface area contributed by atoms with E-state index in [1.165, 1.54) is 22.4 Å². The molecule has 1 aliphatic heterocycles. The van der Waals surface area contributed by atoms with Crippen LogP contribution in [0.1, 0.15) is 40.6 Å². The molecule has 0 saturated carbocycles. The number of halogens is 2. The first kappa shape index (κ1) is 15.1. The molecular formula is C20H19Cl2N. The predicted molar refractivity (Wildman–Crippen MR) is 98.7 cm³/mol. The van der Waals surface area contributed by atoms with Crippen molar-refractivity contribution in [3.63, 3.8) is 0 Å². The smallest absolute Gasteiger partial charge is 0.0645 e. The van der Waals surface area contributed by atoms with Crippen LogP contribution in [0.25, 0.3) is 0 Å². The Morgan fingerprint density at radius 3 is 2.78 bits per heavy atom. The highest BCUT2D eigenvalue weighted by molar-refractivity contribution is 6.42. The van der Waals surface area contributed by atoms with Crippen LogP contribution in [0, 0.1) is 19.8 Å². The Kier molecular flexibility index (Phi) is 3.66. The fraction of sp³-hybridized carbons (Fsp3) is 0.300. The number of hydrogen-bond donors (Lipinski definition) is 1. The molecule has 118 valence electrons. The van der Waals surface area contributed by atoms with Crippen LogP contribution in [0.2, 0.25) is 10.0 Å². The maximum absolute atomic E-state index is 6.51. The van der Waals surface area contributed by atoms with Crippen LogP contribution in [0.15, 0.2) is 42.5 Å². The number of aryl methyl sites for hydroxylation is 2. The number of fused-ring (bicyclic) bond motifs is 3. The van der Waals surface area contributed by atoms with Gasteiger partial charge >= 0.3 is 0 Å². The van der Waals surface area contributed by atoms with Gasteiger partial charge in [-0.15, -0.1) is 0 Å². The van der Waals surface area contributed by atoms with Gasteiger partial charge in [0.1, 0.15) is 0 Å². The molecule has 2 aromatic rings. The molecule has 2 aromatic carbocycles. The molecule has 1 nitrogen and oxygen atoms in total. The third kappa shape index (κ3) is 2.38. The van der Waals surface area contributed by atoms with Crippen molar-refractivity contribution >= 4 is 28.9 Å². The van der Waals surface area contributed by atoms with Crippen molar-refractivity contribution in [1.29, 1.82) is 0 Å². The summed E-state index contributed by atoms with van der Waals surface area (Å²) in [6.07, 6.45) is 5.73. The van der Waals surface area contributed by atoms with E-state index >= 15 is 0 Å². The average molecular weight is 344 g/mol. The van der Waals surface area contributed by atoms with Gasteiger partial charge in [0.25, 0.3) is 0 Å². The van der Waals surface area contributed by atoms with E-state index in [4.69, 9.17) is 23.2 Å². The summed E-state index contributed by atoms with van der Waals surface area (Å²) in [7, 11) is 0. The minimum atomic E-state index is 0.190. The molecule has 0 spiro atoms. The zero-order chi connectivity index (χ0) is 16.1. The van der Waals surface area contributed by atoms with Gasteiger partial charge in [0.15, 0.2) is 0 Å². The summed E-state index contributed by atoms with van der Waals surface area (Å²) >= 11 is 12.8. The average Bonchev–Trinajstić information content (AvgIpc) is 2.98. The van der Waals surface area contributed by atoms with E-state index in [0.717, 1.165) is 12.0 Å². The van der Waals surface area contributed by atoms with Gasteiger partial charge in [-0.05, 0) is 60.6 Å². The fourth-order valence-electron chi connectivity index (χ4n) is 4.21. The van der Waals surface area contributed by atoms with E-state index in [-0.39, 0.29) is 6.04 Å². The van der Waals surface area contributed by atoms with Crippen LogP contribution in [0.4, 0.5) is 5.69 Å². The van der Waals surface area contributed by atoms with Crippen LogP contribution in [-0.4, -0.2) is 0 Å². The molecule has 3 atom stereocenters. The third-order valence-electron chi connectivity index (χ3n) is 5.13. The molecule has 1 heterocycles. The van der Waals surface area contributed by atoms with Crippen molar-refractivity contribution < 1.29 is 0 Å². The van der Waals surface area contributed by atoms with Gasteiger partial charge in [0.05, 0.1) is 16.1 Å². The second-order valence-electron chi connectivity index (χ2n) is 6.66. The van der Waals surface area contributed by atoms with Gasteiger partial charge in [-0.3, -0.25) is 0 Å². The number of allylic oxidation sites excluding steroid dienone is 2. The van der Waals surface area contributed by atoms with Crippen molar-refractivity contribution in [3.05, 3.63) is 74.8 Å². The summed E-state index contributed by atoms with van der Waals surface area (Å²) in [6.45, 7) is 4.36. The molecule has 0 bridgehead atoms. The lowest BCUT2D eigenvalue weighted by Crippen LogP contribution is -2.30. The van der Waals surface area contributed by atoms with Gasteiger partial charge in [-0.2, -0.15) is 0 Å². The maximum atomic E-state index is 6.51. The first-order valence-electron chi connectivity index (χ1n) is 8.04. The van der Waals surface area contributed by atoms with Crippen molar-refractivity contribution in [3.8, 4) is 0 Å². The van der Waals surface area contributed by atoms with Gasteiger partial charge < -0.3 is 5.32 Å². The molecule has 0 unspecified atom stereocenters. The Bertz CT molecular complexity index is 810. The Labute approximate surface area is 147 Å². The van der Waals surface area contributed by atoms with Crippen molar-refractivity contribution in [2.75, 3.05) is 5.32 Å². The van der Waals surface area contributed by atoms with E-state index in [1.54, 1.807) is 0 Å². The molecule has 0 aromatic heterocycles. The number of hydrogen-bond acceptors (Lipinski definition) is 1. The summed E-state index contributed by atoms with van der Waals surface area (Å²) in [5.74, 6) is 0.937. The van der Waals surface area contributed by atoms with Gasteiger partial charge in [0.2, 0.25) is 0 Å². The van der Waals surface area contributed by atoms with Gasteiger partial charge in [-0.1, -0.05) is 53.6 Å². The quantitative estimate of drug-likeness (QED) is 0.587. The molecular weight excluding hydrogens is 325 g/mol. The van der Waals surface area contributed by atoms with E-state index in [9.17, 15) is 0 Å². The summed E-state index contributed by atoms with van der Waals surface area (Å²) in [5.41, 5.74) is 6.41. The zero-order valence-corrected chi connectivity index (χ0v) is 14.7. The van der Waals surface area contributed by atoms with E-state index in [0.29, 0.717) is 21.9 Å². The van der Waals surface area contributed by atoms with Crippen LogP contribution in [-0.2, 0) is 0 Å². The third-order valence-corrected chi connectivity index (χ3v) is 5.97. The number of nitrogens with one attached hydrogen (secondary N) is 1. The van der Waals surface area contributed by atoms with Crippen LogP contribution in [0.3, 0.4) is 0 Å². The lowest BCUT2D eigenvalue weighted by atomic mass is 9.75. The number of anilines is 1. The van der Waals surface area contributed by atoms with Crippen molar-refractivity contribution in [2.24, 2.45) is 5.92 Å². The van der Waals surface area contributed by atoms with Gasteiger partial charge in [0, 0.05) is 11.6 Å². The molecule has 0 saturated heterocycles. The topological polar surface area (TPSA) is 12.0 Å². The number of rotatable bonds is 1. The first-order valence-corrected chi connectivity index (χ1v) is 8.80. The molecule has 0 amide bonds. The van der Waals surface area contributed by atoms with E-state index in [1.807, 2.05) is 12.1 Å². The van der Waals surface area contributed by atoms with E-state index < -0.39 is 0 Å². The Morgan fingerprint density at radius 2 is 1.96 bits per heavy atom. The normalized spacial score (nSPS) is 25.0. The summed E-state index contributed by atoms with van der Waals surface area (Å²) in [4.78, 5) is 0. The highest BCUT2D eigenvalue weighted by atomic mass is 35.5. The SMILES string of the molecule is Cc1cc(C)c2c(c1)N[C@H](c1cccc(Cl)c1Cl)[C@@H]1CC=C[C@H]21. The second-order valence-corrected chi connectivity index (χ2v) is 7.45.